The second-order valence-corrected chi connectivity index (χ2v) is 6.10. The fourth-order valence-electron chi connectivity index (χ4n) is 1.09. The lowest BCUT2D eigenvalue weighted by Gasteiger charge is -2.07. The summed E-state index contributed by atoms with van der Waals surface area (Å²) in [6.45, 7) is 1.86. The highest BCUT2D eigenvalue weighted by Gasteiger charge is 2.24. The minimum absolute atomic E-state index is 0.199. The first-order valence-corrected chi connectivity index (χ1v) is 7.45. The summed E-state index contributed by atoms with van der Waals surface area (Å²) in [4.78, 5) is 4.49. The lowest BCUT2D eigenvalue weighted by Crippen LogP contribution is -2.25. The number of hydrogen-bond donors (Lipinski definition) is 2. The largest absolute Gasteiger partial charge is 0.320 e. The zero-order chi connectivity index (χ0) is 13.6. The van der Waals surface area contributed by atoms with E-state index in [0.29, 0.717) is 4.88 Å². The molecule has 0 spiro atoms. The van der Waals surface area contributed by atoms with Crippen LogP contribution >= 0.6 is 11.3 Å². The Labute approximate surface area is 110 Å². The van der Waals surface area contributed by atoms with Crippen molar-refractivity contribution in [2.45, 2.75) is 18.6 Å². The number of rotatable bonds is 4. The smallest absolute Gasteiger partial charge is 0.250 e. The van der Waals surface area contributed by atoms with Crippen molar-refractivity contribution < 1.29 is 8.42 Å². The first-order valence-electron chi connectivity index (χ1n) is 5.09. The molecule has 1 aromatic heterocycles. The Balaban J connectivity index is 2.86. The monoisotopic (exact) mass is 284 g/mol. The number of aromatic nitrogens is 1. The Morgan fingerprint density at radius 2 is 2.39 bits per heavy atom. The molecule has 0 fully saturated rings. The third-order valence-electron chi connectivity index (χ3n) is 1.94. The van der Waals surface area contributed by atoms with E-state index in [0.717, 1.165) is 11.3 Å². The van der Waals surface area contributed by atoms with E-state index in [-0.39, 0.29) is 18.1 Å². The van der Waals surface area contributed by atoms with Crippen molar-refractivity contribution in [3.05, 3.63) is 11.1 Å². The van der Waals surface area contributed by atoms with Gasteiger partial charge in [-0.2, -0.15) is 5.26 Å². The van der Waals surface area contributed by atoms with Crippen LogP contribution in [-0.4, -0.2) is 25.2 Å². The summed E-state index contributed by atoms with van der Waals surface area (Å²) < 4.78 is 25.8. The molecule has 8 heteroatoms. The van der Waals surface area contributed by atoms with Crippen molar-refractivity contribution in [3.8, 4) is 17.9 Å². The van der Waals surface area contributed by atoms with Gasteiger partial charge in [-0.25, -0.2) is 13.4 Å². The number of thiazole rings is 1. The number of anilines is 1. The first-order chi connectivity index (χ1) is 8.53. The molecule has 0 bridgehead atoms. The van der Waals surface area contributed by atoms with Crippen LogP contribution in [0.1, 0.15) is 18.2 Å². The summed E-state index contributed by atoms with van der Waals surface area (Å²) in [5.74, 6) is 5.39. The van der Waals surface area contributed by atoms with Crippen LogP contribution in [0.2, 0.25) is 0 Å². The highest BCUT2D eigenvalue weighted by molar-refractivity contribution is 7.93. The van der Waals surface area contributed by atoms with Crippen LogP contribution in [0.25, 0.3) is 0 Å². The highest BCUT2D eigenvalue weighted by atomic mass is 32.2. The van der Waals surface area contributed by atoms with Gasteiger partial charge in [0, 0.05) is 0 Å². The van der Waals surface area contributed by atoms with Gasteiger partial charge in [0.1, 0.15) is 0 Å². The van der Waals surface area contributed by atoms with Crippen LogP contribution in [0, 0.1) is 23.2 Å². The molecule has 1 aromatic rings. The molecule has 0 saturated carbocycles. The van der Waals surface area contributed by atoms with E-state index in [2.05, 4.69) is 21.5 Å². The third kappa shape index (κ3) is 3.70. The van der Waals surface area contributed by atoms with Crippen molar-refractivity contribution in [3.63, 3.8) is 0 Å². The fourth-order valence-corrected chi connectivity index (χ4v) is 3.16. The molecule has 3 N–H and O–H groups in total. The topological polar surface area (TPSA) is 109 Å². The van der Waals surface area contributed by atoms with E-state index in [9.17, 15) is 8.42 Å². The van der Waals surface area contributed by atoms with Gasteiger partial charge >= 0.3 is 0 Å². The number of nitrogens with two attached hydrogens (primary N) is 1. The Hall–Kier alpha value is -1.61. The second-order valence-electron chi connectivity index (χ2n) is 3.21. The Bertz CT molecular complexity index is 604. The summed E-state index contributed by atoms with van der Waals surface area (Å²) in [6.07, 6.45) is 1.68. The first kappa shape index (κ1) is 14.5. The van der Waals surface area contributed by atoms with E-state index in [1.54, 1.807) is 13.0 Å². The SMILES string of the molecule is CCC(C#N)S(=O)(=O)Nc1ncc(C#CCN)s1. The van der Waals surface area contributed by atoms with Crippen LogP contribution in [0.3, 0.4) is 0 Å². The number of sulfonamides is 1. The highest BCUT2D eigenvalue weighted by Crippen LogP contribution is 2.20. The molecule has 0 aromatic carbocycles. The molecule has 0 aliphatic heterocycles. The molecule has 1 rings (SSSR count). The van der Waals surface area contributed by atoms with Gasteiger partial charge in [-0.15, -0.1) is 0 Å². The van der Waals surface area contributed by atoms with Crippen LogP contribution in [-0.2, 0) is 10.0 Å². The van der Waals surface area contributed by atoms with Gasteiger partial charge in [0.05, 0.1) is 23.7 Å². The van der Waals surface area contributed by atoms with Gasteiger partial charge < -0.3 is 5.73 Å². The molecule has 0 saturated heterocycles. The standard InChI is InChI=1S/C10H12N4O2S2/c1-2-9(6-12)18(15,16)14-10-13-7-8(17-10)4-3-5-11/h7,9H,2,5,11H2,1H3,(H,13,14). The van der Waals surface area contributed by atoms with Crippen molar-refractivity contribution in [2.75, 3.05) is 11.3 Å². The van der Waals surface area contributed by atoms with E-state index in [1.807, 2.05) is 0 Å². The van der Waals surface area contributed by atoms with E-state index in [1.165, 1.54) is 6.20 Å². The quantitative estimate of drug-likeness (QED) is 0.782. The van der Waals surface area contributed by atoms with Crippen LogP contribution in [0.4, 0.5) is 5.13 Å². The second kappa shape index (κ2) is 6.36. The lowest BCUT2D eigenvalue weighted by atomic mass is 10.4. The maximum Gasteiger partial charge on any atom is 0.250 e. The van der Waals surface area contributed by atoms with Crippen molar-refractivity contribution in [1.82, 2.24) is 4.98 Å². The zero-order valence-corrected chi connectivity index (χ0v) is 11.3. The predicted molar refractivity (Wildman–Crippen MR) is 70.3 cm³/mol. The van der Waals surface area contributed by atoms with Crippen LogP contribution in [0.15, 0.2) is 6.20 Å². The molecule has 1 heterocycles. The Morgan fingerprint density at radius 3 is 2.94 bits per heavy atom. The number of hydrogen-bond acceptors (Lipinski definition) is 6. The number of nitrogens with zero attached hydrogens (tertiary/aromatic N) is 2. The summed E-state index contributed by atoms with van der Waals surface area (Å²) in [7, 11) is -3.72. The van der Waals surface area contributed by atoms with Gasteiger partial charge in [-0.05, 0) is 6.42 Å². The molecule has 18 heavy (non-hydrogen) atoms. The van der Waals surface area contributed by atoms with Gasteiger partial charge in [0.2, 0.25) is 0 Å². The molecule has 6 nitrogen and oxygen atoms in total. The molecule has 96 valence electrons. The lowest BCUT2D eigenvalue weighted by molar-refractivity contribution is 0.593. The van der Waals surface area contributed by atoms with Gasteiger partial charge in [-0.3, -0.25) is 4.72 Å². The van der Waals surface area contributed by atoms with Crippen molar-refractivity contribution >= 4 is 26.5 Å². The average molecular weight is 284 g/mol. The van der Waals surface area contributed by atoms with Gasteiger partial charge in [0.15, 0.2) is 10.4 Å². The molecule has 0 aliphatic carbocycles. The van der Waals surface area contributed by atoms with Crippen molar-refractivity contribution in [1.29, 1.82) is 5.26 Å². The maximum atomic E-state index is 11.8. The summed E-state index contributed by atoms with van der Waals surface area (Å²) in [5, 5.41) is 7.85. The predicted octanol–water partition coefficient (Wildman–Crippen LogP) is 0.497. The van der Waals surface area contributed by atoms with E-state index < -0.39 is 15.3 Å². The molecular formula is C10H12N4O2S2. The number of nitriles is 1. The normalized spacial score (nSPS) is 12.1. The Morgan fingerprint density at radius 1 is 1.67 bits per heavy atom. The zero-order valence-electron chi connectivity index (χ0n) is 9.67. The van der Waals surface area contributed by atoms with Crippen molar-refractivity contribution in [2.24, 2.45) is 5.73 Å². The van der Waals surface area contributed by atoms with E-state index in [4.69, 9.17) is 11.0 Å². The van der Waals surface area contributed by atoms with E-state index >= 15 is 0 Å². The average Bonchev–Trinajstić information content (AvgIpc) is 2.74. The molecule has 1 unspecified atom stereocenters. The summed E-state index contributed by atoms with van der Waals surface area (Å²) >= 11 is 1.10. The minimum atomic E-state index is -3.72. The molecule has 0 amide bonds. The molecule has 0 radical (unpaired) electrons. The molecular weight excluding hydrogens is 272 g/mol. The van der Waals surface area contributed by atoms with Crippen LogP contribution in [0.5, 0.6) is 0 Å². The fraction of sp³-hybridized carbons (Fsp3) is 0.400. The maximum absolute atomic E-state index is 11.8. The van der Waals surface area contributed by atoms with Gasteiger partial charge in [0.25, 0.3) is 10.0 Å². The molecule has 1 atom stereocenters. The van der Waals surface area contributed by atoms with Gasteiger partial charge in [-0.1, -0.05) is 30.1 Å². The molecule has 0 aliphatic rings. The number of nitrogens with one attached hydrogen (secondary N) is 1. The summed E-state index contributed by atoms with van der Waals surface area (Å²) in [6, 6.07) is 1.74. The Kier molecular flexibility index (Phi) is 5.10. The third-order valence-corrected chi connectivity index (χ3v) is 4.56. The summed E-state index contributed by atoms with van der Waals surface area (Å²) in [5.41, 5.74) is 5.22. The minimum Gasteiger partial charge on any atom is -0.320 e. The van der Waals surface area contributed by atoms with Crippen LogP contribution < -0.4 is 10.5 Å².